The zero-order valence-corrected chi connectivity index (χ0v) is 12.7. The van der Waals surface area contributed by atoms with Gasteiger partial charge in [0.05, 0.1) is 28.5 Å². The molecule has 3 aromatic rings. The van der Waals surface area contributed by atoms with Gasteiger partial charge in [0.15, 0.2) is 0 Å². The molecule has 0 bridgehead atoms. The molecule has 0 aliphatic carbocycles. The van der Waals surface area contributed by atoms with Crippen LogP contribution in [0.1, 0.15) is 16.8 Å². The molecule has 0 amide bonds. The number of para-hydroxylation sites is 1. The summed E-state index contributed by atoms with van der Waals surface area (Å²) in [5.74, 6) is 1.94. The molecule has 4 rings (SSSR count). The molecule has 2 aromatic carbocycles. The van der Waals surface area contributed by atoms with E-state index in [1.807, 2.05) is 48.2 Å². The highest BCUT2D eigenvalue weighted by atomic mass is 32.2. The largest absolute Gasteiger partial charge is 0.355 e. The number of hydrogen-bond donors (Lipinski definition) is 1. The van der Waals surface area contributed by atoms with Gasteiger partial charge >= 0.3 is 0 Å². The van der Waals surface area contributed by atoms with Crippen molar-refractivity contribution >= 4 is 34.0 Å². The maximum absolute atomic E-state index is 9.06. The molecule has 1 aliphatic heterocycles. The Kier molecular flexibility index (Phi) is 3.21. The Balaban J connectivity index is 1.88. The van der Waals surface area contributed by atoms with Crippen LogP contribution in [0.4, 0.5) is 11.4 Å². The summed E-state index contributed by atoms with van der Waals surface area (Å²) in [5.41, 5.74) is 6.20. The first-order valence-electron chi connectivity index (χ1n) is 7.10. The van der Waals surface area contributed by atoms with Gasteiger partial charge in [0.25, 0.3) is 0 Å². The predicted molar refractivity (Wildman–Crippen MR) is 91.2 cm³/mol. The molecule has 0 radical (unpaired) electrons. The van der Waals surface area contributed by atoms with Gasteiger partial charge in [-0.1, -0.05) is 24.3 Å². The Labute approximate surface area is 133 Å². The average molecular weight is 303 g/mol. The van der Waals surface area contributed by atoms with Crippen molar-refractivity contribution in [3.63, 3.8) is 0 Å². The smallest absolute Gasteiger partial charge is 0.0992 e. The van der Waals surface area contributed by atoms with Gasteiger partial charge in [0.2, 0.25) is 0 Å². The highest BCUT2D eigenvalue weighted by molar-refractivity contribution is 7.98. The first kappa shape index (κ1) is 13.2. The van der Waals surface area contributed by atoms with E-state index < -0.39 is 0 Å². The molecule has 4 heteroatoms. The van der Waals surface area contributed by atoms with Gasteiger partial charge in [0.1, 0.15) is 0 Å². The molecule has 0 unspecified atom stereocenters. The molecule has 0 atom stereocenters. The Morgan fingerprint density at radius 2 is 2.00 bits per heavy atom. The van der Waals surface area contributed by atoms with Crippen molar-refractivity contribution in [1.82, 2.24) is 4.98 Å². The Morgan fingerprint density at radius 3 is 2.91 bits per heavy atom. The third-order valence-electron chi connectivity index (χ3n) is 3.83. The lowest BCUT2D eigenvalue weighted by molar-refractivity contribution is 1.20. The molecule has 1 aliphatic rings. The van der Waals surface area contributed by atoms with Crippen molar-refractivity contribution in [3.05, 3.63) is 65.4 Å². The fourth-order valence-electron chi connectivity index (χ4n) is 2.78. The summed E-state index contributed by atoms with van der Waals surface area (Å²) in [7, 11) is 0. The van der Waals surface area contributed by atoms with Crippen molar-refractivity contribution in [3.8, 4) is 6.07 Å². The lowest BCUT2D eigenvalue weighted by Gasteiger charge is -2.14. The van der Waals surface area contributed by atoms with Crippen LogP contribution in [0, 0.1) is 11.3 Å². The number of nitriles is 1. The summed E-state index contributed by atoms with van der Waals surface area (Å²) >= 11 is 1.89. The van der Waals surface area contributed by atoms with Crippen molar-refractivity contribution in [2.45, 2.75) is 11.5 Å². The molecule has 2 heterocycles. The van der Waals surface area contributed by atoms with E-state index in [1.165, 1.54) is 11.3 Å². The maximum Gasteiger partial charge on any atom is 0.0992 e. The van der Waals surface area contributed by atoms with E-state index in [0.717, 1.165) is 33.8 Å². The highest BCUT2D eigenvalue weighted by Crippen LogP contribution is 2.39. The SMILES string of the molecule is N#Cc1cccc(Nc2c3c(nc4ccccc24)CSC3)c1. The van der Waals surface area contributed by atoms with Gasteiger partial charge in [-0.25, -0.2) is 0 Å². The first-order chi connectivity index (χ1) is 10.8. The minimum atomic E-state index is 0.661. The number of thioether (sulfide) groups is 1. The summed E-state index contributed by atoms with van der Waals surface area (Å²) in [4.78, 5) is 4.78. The van der Waals surface area contributed by atoms with Crippen LogP contribution in [0.25, 0.3) is 10.9 Å². The van der Waals surface area contributed by atoms with Gasteiger partial charge < -0.3 is 5.32 Å². The second-order valence-corrected chi connectivity index (χ2v) is 6.23. The Morgan fingerprint density at radius 1 is 1.09 bits per heavy atom. The summed E-state index contributed by atoms with van der Waals surface area (Å²) in [6.45, 7) is 0. The Hall–Kier alpha value is -2.51. The van der Waals surface area contributed by atoms with Crippen LogP contribution in [-0.2, 0) is 11.5 Å². The standard InChI is InChI=1S/C18H13N3S/c19-9-12-4-3-5-13(8-12)20-18-14-6-1-2-7-16(14)21-17-11-22-10-15(17)18/h1-8H,10-11H2,(H,20,21). The minimum absolute atomic E-state index is 0.661. The number of rotatable bonds is 2. The van der Waals surface area contributed by atoms with E-state index in [-0.39, 0.29) is 0 Å². The van der Waals surface area contributed by atoms with Crippen molar-refractivity contribution in [2.75, 3.05) is 5.32 Å². The molecule has 0 fully saturated rings. The average Bonchev–Trinajstić information content (AvgIpc) is 3.03. The minimum Gasteiger partial charge on any atom is -0.355 e. The summed E-state index contributed by atoms with van der Waals surface area (Å²) in [6.07, 6.45) is 0. The molecular formula is C18H13N3S. The van der Waals surface area contributed by atoms with Crippen LogP contribution in [0.15, 0.2) is 48.5 Å². The van der Waals surface area contributed by atoms with Crippen LogP contribution in [0.5, 0.6) is 0 Å². The summed E-state index contributed by atoms with van der Waals surface area (Å²) in [5, 5.41) is 13.7. The first-order valence-corrected chi connectivity index (χ1v) is 8.26. The molecule has 106 valence electrons. The second kappa shape index (κ2) is 5.36. The number of pyridine rings is 1. The zero-order chi connectivity index (χ0) is 14.9. The highest BCUT2D eigenvalue weighted by Gasteiger charge is 2.19. The molecule has 1 N–H and O–H groups in total. The third kappa shape index (κ3) is 2.20. The summed E-state index contributed by atoms with van der Waals surface area (Å²) in [6, 6.07) is 18.0. The fourth-order valence-corrected chi connectivity index (χ4v) is 3.83. The molecule has 0 spiro atoms. The van der Waals surface area contributed by atoms with Gasteiger partial charge in [-0.2, -0.15) is 17.0 Å². The van der Waals surface area contributed by atoms with Crippen molar-refractivity contribution in [1.29, 1.82) is 5.26 Å². The number of aromatic nitrogens is 1. The van der Waals surface area contributed by atoms with Crippen LogP contribution < -0.4 is 5.32 Å². The quantitative estimate of drug-likeness (QED) is 0.752. The van der Waals surface area contributed by atoms with Gasteiger partial charge in [-0.15, -0.1) is 0 Å². The number of benzene rings is 2. The maximum atomic E-state index is 9.06. The number of nitrogens with one attached hydrogen (secondary N) is 1. The van der Waals surface area contributed by atoms with Crippen LogP contribution in [0.2, 0.25) is 0 Å². The van der Waals surface area contributed by atoms with Crippen LogP contribution in [-0.4, -0.2) is 4.98 Å². The Bertz CT molecular complexity index is 912. The van der Waals surface area contributed by atoms with Crippen molar-refractivity contribution < 1.29 is 0 Å². The number of anilines is 2. The third-order valence-corrected chi connectivity index (χ3v) is 4.80. The molecular weight excluding hydrogens is 290 g/mol. The normalized spacial score (nSPS) is 12.9. The predicted octanol–water partition coefficient (Wildman–Crippen LogP) is 4.60. The van der Waals surface area contributed by atoms with E-state index in [0.29, 0.717) is 5.56 Å². The molecule has 3 nitrogen and oxygen atoms in total. The fraction of sp³-hybridized carbons (Fsp3) is 0.111. The molecule has 1 aromatic heterocycles. The molecule has 0 saturated heterocycles. The molecule has 0 saturated carbocycles. The topological polar surface area (TPSA) is 48.7 Å². The van der Waals surface area contributed by atoms with E-state index in [2.05, 4.69) is 23.5 Å². The monoisotopic (exact) mass is 303 g/mol. The van der Waals surface area contributed by atoms with E-state index >= 15 is 0 Å². The van der Waals surface area contributed by atoms with E-state index in [1.54, 1.807) is 0 Å². The van der Waals surface area contributed by atoms with Crippen LogP contribution in [0.3, 0.4) is 0 Å². The van der Waals surface area contributed by atoms with Crippen LogP contribution >= 0.6 is 11.8 Å². The zero-order valence-electron chi connectivity index (χ0n) is 11.8. The van der Waals surface area contributed by atoms with E-state index in [4.69, 9.17) is 10.2 Å². The van der Waals surface area contributed by atoms with Crippen molar-refractivity contribution in [2.24, 2.45) is 0 Å². The lowest BCUT2D eigenvalue weighted by Crippen LogP contribution is -2.00. The number of nitrogens with zero attached hydrogens (tertiary/aromatic N) is 2. The second-order valence-electron chi connectivity index (χ2n) is 5.24. The molecule has 22 heavy (non-hydrogen) atoms. The van der Waals surface area contributed by atoms with Gasteiger partial charge in [0, 0.05) is 28.1 Å². The number of fused-ring (bicyclic) bond motifs is 2. The summed E-state index contributed by atoms with van der Waals surface area (Å²) < 4.78 is 0. The lowest BCUT2D eigenvalue weighted by atomic mass is 10.1. The van der Waals surface area contributed by atoms with E-state index in [9.17, 15) is 0 Å². The van der Waals surface area contributed by atoms with Gasteiger partial charge in [-0.3, -0.25) is 4.98 Å². The number of hydrogen-bond acceptors (Lipinski definition) is 4. The van der Waals surface area contributed by atoms with Gasteiger partial charge in [-0.05, 0) is 24.3 Å².